The summed E-state index contributed by atoms with van der Waals surface area (Å²) in [6.45, 7) is 8.06. The minimum atomic E-state index is 0.0524. The van der Waals surface area contributed by atoms with E-state index in [1.807, 2.05) is 23.6 Å². The van der Waals surface area contributed by atoms with Crippen LogP contribution in [0.5, 0.6) is 0 Å². The maximum absolute atomic E-state index is 11.8. The Kier molecular flexibility index (Phi) is 4.79. The summed E-state index contributed by atoms with van der Waals surface area (Å²) in [7, 11) is 0. The minimum absolute atomic E-state index is 0.0524. The van der Waals surface area contributed by atoms with Crippen molar-refractivity contribution in [3.63, 3.8) is 0 Å². The summed E-state index contributed by atoms with van der Waals surface area (Å²) in [4.78, 5) is 11.8. The third-order valence-corrected chi connectivity index (χ3v) is 3.26. The number of hydrogen-bond acceptors (Lipinski definition) is 2. The first-order chi connectivity index (χ1) is 9.61. The van der Waals surface area contributed by atoms with Crippen molar-refractivity contribution < 1.29 is 4.79 Å². The normalized spacial score (nSPS) is 11.2. The van der Waals surface area contributed by atoms with E-state index in [0.29, 0.717) is 19.1 Å². The van der Waals surface area contributed by atoms with Crippen LogP contribution < -0.4 is 10.6 Å². The van der Waals surface area contributed by atoms with Gasteiger partial charge in [0.2, 0.25) is 5.91 Å². The molecule has 1 amide bonds. The standard InChI is InChI=1S/C16H23N3O/c1-4-17-16(20)11-19-10-13(9-18-12(2)3)14-7-5-6-8-15(14)19/h5-8,10,12,18H,4,9,11H2,1-3H3,(H,17,20). The topological polar surface area (TPSA) is 46.1 Å². The molecule has 2 rings (SSSR count). The maximum Gasteiger partial charge on any atom is 0.239 e. The second-order valence-electron chi connectivity index (χ2n) is 5.29. The Balaban J connectivity index is 2.28. The molecule has 0 saturated carbocycles. The SMILES string of the molecule is CCNC(=O)Cn1cc(CNC(C)C)c2ccccc21. The third kappa shape index (κ3) is 3.39. The molecule has 20 heavy (non-hydrogen) atoms. The minimum Gasteiger partial charge on any atom is -0.355 e. The fourth-order valence-electron chi connectivity index (χ4n) is 2.32. The highest BCUT2D eigenvalue weighted by atomic mass is 16.1. The molecule has 2 N–H and O–H groups in total. The first-order valence-corrected chi connectivity index (χ1v) is 7.18. The van der Waals surface area contributed by atoms with Gasteiger partial charge in [0, 0.05) is 36.2 Å². The van der Waals surface area contributed by atoms with Crippen LogP contribution in [-0.4, -0.2) is 23.1 Å². The van der Waals surface area contributed by atoms with Gasteiger partial charge in [-0.15, -0.1) is 0 Å². The molecule has 0 aliphatic carbocycles. The average Bonchev–Trinajstić information content (AvgIpc) is 2.75. The van der Waals surface area contributed by atoms with E-state index in [2.05, 4.69) is 42.8 Å². The van der Waals surface area contributed by atoms with Gasteiger partial charge in [0.25, 0.3) is 0 Å². The highest BCUT2D eigenvalue weighted by Gasteiger charge is 2.10. The van der Waals surface area contributed by atoms with E-state index in [4.69, 9.17) is 0 Å². The molecule has 0 atom stereocenters. The molecule has 0 unspecified atom stereocenters. The molecular formula is C16H23N3O. The molecule has 4 heteroatoms. The van der Waals surface area contributed by atoms with Crippen molar-refractivity contribution in [2.45, 2.75) is 39.9 Å². The summed E-state index contributed by atoms with van der Waals surface area (Å²) in [5.74, 6) is 0.0524. The molecule has 0 radical (unpaired) electrons. The molecule has 1 aromatic carbocycles. The van der Waals surface area contributed by atoms with Crippen molar-refractivity contribution >= 4 is 16.8 Å². The zero-order valence-corrected chi connectivity index (χ0v) is 12.4. The number of nitrogens with zero attached hydrogens (tertiary/aromatic N) is 1. The Bertz CT molecular complexity index is 586. The summed E-state index contributed by atoms with van der Waals surface area (Å²) in [5, 5.41) is 7.49. The molecule has 4 nitrogen and oxygen atoms in total. The second kappa shape index (κ2) is 6.57. The van der Waals surface area contributed by atoms with Crippen LogP contribution in [0, 0.1) is 0 Å². The highest BCUT2D eigenvalue weighted by Crippen LogP contribution is 2.21. The van der Waals surface area contributed by atoms with Gasteiger partial charge in [-0.05, 0) is 18.6 Å². The van der Waals surface area contributed by atoms with E-state index < -0.39 is 0 Å². The number of benzene rings is 1. The fraction of sp³-hybridized carbons (Fsp3) is 0.438. The lowest BCUT2D eigenvalue weighted by atomic mass is 10.2. The van der Waals surface area contributed by atoms with E-state index in [-0.39, 0.29) is 5.91 Å². The number of rotatable bonds is 6. The predicted octanol–water partition coefficient (Wildman–Crippen LogP) is 2.28. The van der Waals surface area contributed by atoms with Crippen LogP contribution in [0.25, 0.3) is 10.9 Å². The molecular weight excluding hydrogens is 250 g/mol. The zero-order valence-electron chi connectivity index (χ0n) is 12.4. The molecule has 1 heterocycles. The van der Waals surface area contributed by atoms with Crippen molar-refractivity contribution in [2.24, 2.45) is 0 Å². The van der Waals surface area contributed by atoms with Crippen LogP contribution in [-0.2, 0) is 17.9 Å². The van der Waals surface area contributed by atoms with Gasteiger partial charge in [-0.2, -0.15) is 0 Å². The van der Waals surface area contributed by atoms with Crippen molar-refractivity contribution in [1.82, 2.24) is 15.2 Å². The largest absolute Gasteiger partial charge is 0.355 e. The molecule has 0 saturated heterocycles. The monoisotopic (exact) mass is 273 g/mol. The van der Waals surface area contributed by atoms with Crippen molar-refractivity contribution in [1.29, 1.82) is 0 Å². The van der Waals surface area contributed by atoms with Crippen LogP contribution in [0.3, 0.4) is 0 Å². The van der Waals surface area contributed by atoms with Crippen LogP contribution in [0.15, 0.2) is 30.5 Å². The van der Waals surface area contributed by atoms with E-state index in [0.717, 1.165) is 12.1 Å². The Hall–Kier alpha value is -1.81. The van der Waals surface area contributed by atoms with Crippen molar-refractivity contribution in [3.05, 3.63) is 36.0 Å². The lowest BCUT2D eigenvalue weighted by Crippen LogP contribution is -2.26. The van der Waals surface area contributed by atoms with Gasteiger partial charge >= 0.3 is 0 Å². The molecule has 0 aliphatic heterocycles. The van der Waals surface area contributed by atoms with Gasteiger partial charge in [0.15, 0.2) is 0 Å². The van der Waals surface area contributed by atoms with Crippen molar-refractivity contribution in [3.8, 4) is 0 Å². The first-order valence-electron chi connectivity index (χ1n) is 7.18. The number of likely N-dealkylation sites (N-methyl/N-ethyl adjacent to an activating group) is 1. The van der Waals surface area contributed by atoms with Gasteiger partial charge in [0.05, 0.1) is 0 Å². The third-order valence-electron chi connectivity index (χ3n) is 3.26. The van der Waals surface area contributed by atoms with Gasteiger partial charge in [0.1, 0.15) is 6.54 Å². The number of aromatic nitrogens is 1. The number of hydrogen-bond donors (Lipinski definition) is 2. The molecule has 0 aliphatic rings. The predicted molar refractivity (Wildman–Crippen MR) is 82.6 cm³/mol. The summed E-state index contributed by atoms with van der Waals surface area (Å²) < 4.78 is 2.03. The molecule has 0 bridgehead atoms. The highest BCUT2D eigenvalue weighted by molar-refractivity contribution is 5.86. The summed E-state index contributed by atoms with van der Waals surface area (Å²) in [6.07, 6.45) is 2.08. The lowest BCUT2D eigenvalue weighted by Gasteiger charge is -2.06. The van der Waals surface area contributed by atoms with E-state index in [1.54, 1.807) is 0 Å². The quantitative estimate of drug-likeness (QED) is 0.848. The number of amides is 1. The van der Waals surface area contributed by atoms with Crippen LogP contribution >= 0.6 is 0 Å². The Morgan fingerprint density at radius 2 is 2.05 bits per heavy atom. The Morgan fingerprint density at radius 1 is 1.30 bits per heavy atom. The number of carbonyl (C=O) groups is 1. The molecule has 0 spiro atoms. The Labute approximate surface area is 120 Å². The summed E-state index contributed by atoms with van der Waals surface area (Å²) in [6, 6.07) is 8.67. The molecule has 1 aromatic heterocycles. The van der Waals surface area contributed by atoms with E-state index in [9.17, 15) is 4.79 Å². The fourth-order valence-corrected chi connectivity index (χ4v) is 2.32. The molecule has 2 aromatic rings. The van der Waals surface area contributed by atoms with Crippen LogP contribution in [0.2, 0.25) is 0 Å². The van der Waals surface area contributed by atoms with Crippen molar-refractivity contribution in [2.75, 3.05) is 6.54 Å². The van der Waals surface area contributed by atoms with Gasteiger partial charge in [-0.1, -0.05) is 32.0 Å². The number of fused-ring (bicyclic) bond motifs is 1. The summed E-state index contributed by atoms with van der Waals surface area (Å²) in [5.41, 5.74) is 2.35. The van der Waals surface area contributed by atoms with Gasteiger partial charge in [-0.25, -0.2) is 0 Å². The van der Waals surface area contributed by atoms with Gasteiger partial charge in [-0.3, -0.25) is 4.79 Å². The first kappa shape index (κ1) is 14.6. The molecule has 0 fully saturated rings. The second-order valence-corrected chi connectivity index (χ2v) is 5.29. The number of carbonyl (C=O) groups excluding carboxylic acids is 1. The lowest BCUT2D eigenvalue weighted by molar-refractivity contribution is -0.121. The maximum atomic E-state index is 11.8. The molecule has 108 valence electrons. The van der Waals surface area contributed by atoms with E-state index in [1.165, 1.54) is 10.9 Å². The smallest absolute Gasteiger partial charge is 0.239 e. The Morgan fingerprint density at radius 3 is 2.75 bits per heavy atom. The summed E-state index contributed by atoms with van der Waals surface area (Å²) >= 11 is 0. The van der Waals surface area contributed by atoms with E-state index >= 15 is 0 Å². The number of para-hydroxylation sites is 1. The van der Waals surface area contributed by atoms with Crippen LogP contribution in [0.4, 0.5) is 0 Å². The van der Waals surface area contributed by atoms with Gasteiger partial charge < -0.3 is 15.2 Å². The average molecular weight is 273 g/mol. The van der Waals surface area contributed by atoms with Crippen LogP contribution in [0.1, 0.15) is 26.3 Å². The number of nitrogens with one attached hydrogen (secondary N) is 2. The zero-order chi connectivity index (χ0) is 14.5.